The molecule has 0 atom stereocenters. The molecule has 1 fully saturated rings. The second-order valence-corrected chi connectivity index (χ2v) is 9.61. The van der Waals surface area contributed by atoms with Crippen molar-refractivity contribution in [3.05, 3.63) is 59.7 Å². The summed E-state index contributed by atoms with van der Waals surface area (Å²) in [5.74, 6) is 1.28. The summed E-state index contributed by atoms with van der Waals surface area (Å²) < 4.78 is 33.2. The number of ether oxygens (including phenoxy) is 1. The molecule has 1 aliphatic heterocycles. The predicted octanol–water partition coefficient (Wildman–Crippen LogP) is 3.29. The van der Waals surface area contributed by atoms with Crippen LogP contribution in [0.15, 0.2) is 53.4 Å². The molecule has 0 bridgehead atoms. The minimum absolute atomic E-state index is 0.0137. The number of hydrogen-bond donors (Lipinski definition) is 1. The van der Waals surface area contributed by atoms with Gasteiger partial charge in [-0.2, -0.15) is 0 Å². The molecule has 1 aliphatic rings. The number of rotatable bonds is 8. The SMILES string of the molecule is Cc1ccc(S(=O)(=O)NCCC(=O)N2CCC(COc3ccccc3)CC2)cc1C. The average Bonchev–Trinajstić information content (AvgIpc) is 2.75. The molecule has 0 saturated carbocycles. The fourth-order valence-corrected chi connectivity index (χ4v) is 4.61. The van der Waals surface area contributed by atoms with Crippen LogP contribution in [0.2, 0.25) is 0 Å². The molecular formula is C23H30N2O4S. The number of nitrogens with one attached hydrogen (secondary N) is 1. The van der Waals surface area contributed by atoms with Gasteiger partial charge in [-0.25, -0.2) is 13.1 Å². The van der Waals surface area contributed by atoms with Gasteiger partial charge in [0.15, 0.2) is 0 Å². The molecule has 0 unspecified atom stereocenters. The Hall–Kier alpha value is -2.38. The summed E-state index contributed by atoms with van der Waals surface area (Å²) in [6.45, 7) is 5.95. The van der Waals surface area contributed by atoms with E-state index in [0.717, 1.165) is 29.7 Å². The van der Waals surface area contributed by atoms with E-state index in [1.807, 2.05) is 49.1 Å². The lowest BCUT2D eigenvalue weighted by atomic mass is 9.97. The van der Waals surface area contributed by atoms with Gasteiger partial charge in [0.05, 0.1) is 11.5 Å². The largest absolute Gasteiger partial charge is 0.493 e. The Morgan fingerprint density at radius 2 is 1.77 bits per heavy atom. The Kier molecular flexibility index (Phi) is 7.50. The summed E-state index contributed by atoms with van der Waals surface area (Å²) >= 11 is 0. The highest BCUT2D eigenvalue weighted by molar-refractivity contribution is 7.89. The Morgan fingerprint density at radius 3 is 2.43 bits per heavy atom. The van der Waals surface area contributed by atoms with E-state index in [-0.39, 0.29) is 23.8 Å². The van der Waals surface area contributed by atoms with E-state index >= 15 is 0 Å². The van der Waals surface area contributed by atoms with Crippen molar-refractivity contribution in [2.45, 2.75) is 38.0 Å². The molecule has 162 valence electrons. The first-order chi connectivity index (χ1) is 14.3. The molecule has 30 heavy (non-hydrogen) atoms. The van der Waals surface area contributed by atoms with Crippen LogP contribution in [-0.2, 0) is 14.8 Å². The lowest BCUT2D eigenvalue weighted by Crippen LogP contribution is -2.41. The first kappa shape index (κ1) is 22.3. The fraction of sp³-hybridized carbons (Fsp3) is 0.435. The Bertz CT molecular complexity index is 952. The van der Waals surface area contributed by atoms with Gasteiger partial charge in [0.2, 0.25) is 15.9 Å². The maximum atomic E-state index is 12.5. The highest BCUT2D eigenvalue weighted by Gasteiger charge is 2.23. The van der Waals surface area contributed by atoms with Crippen LogP contribution in [0.5, 0.6) is 5.75 Å². The van der Waals surface area contributed by atoms with Crippen LogP contribution in [0.1, 0.15) is 30.4 Å². The quantitative estimate of drug-likeness (QED) is 0.697. The third-order valence-corrected chi connectivity index (χ3v) is 7.07. The van der Waals surface area contributed by atoms with Crippen molar-refractivity contribution in [2.24, 2.45) is 5.92 Å². The van der Waals surface area contributed by atoms with Crippen molar-refractivity contribution in [2.75, 3.05) is 26.2 Å². The van der Waals surface area contributed by atoms with Crippen molar-refractivity contribution in [3.63, 3.8) is 0 Å². The summed E-state index contributed by atoms with van der Waals surface area (Å²) in [6, 6.07) is 14.8. The smallest absolute Gasteiger partial charge is 0.240 e. The molecule has 2 aromatic rings. The lowest BCUT2D eigenvalue weighted by Gasteiger charge is -2.32. The molecule has 7 heteroatoms. The molecule has 1 N–H and O–H groups in total. The van der Waals surface area contributed by atoms with Crippen LogP contribution in [0.25, 0.3) is 0 Å². The summed E-state index contributed by atoms with van der Waals surface area (Å²) in [5.41, 5.74) is 1.97. The third kappa shape index (κ3) is 6.06. The van der Waals surface area contributed by atoms with E-state index in [9.17, 15) is 13.2 Å². The van der Waals surface area contributed by atoms with Gasteiger partial charge in [-0.3, -0.25) is 4.79 Å². The van der Waals surface area contributed by atoms with E-state index in [2.05, 4.69) is 4.72 Å². The molecule has 1 saturated heterocycles. The maximum absolute atomic E-state index is 12.5. The zero-order valence-corrected chi connectivity index (χ0v) is 18.5. The number of piperidine rings is 1. The van der Waals surface area contributed by atoms with Gasteiger partial charge in [0.25, 0.3) is 0 Å². The number of hydrogen-bond acceptors (Lipinski definition) is 4. The van der Waals surface area contributed by atoms with Gasteiger partial charge in [-0.15, -0.1) is 0 Å². The van der Waals surface area contributed by atoms with Gasteiger partial charge in [0, 0.05) is 26.1 Å². The van der Waals surface area contributed by atoms with Crippen molar-refractivity contribution in [3.8, 4) is 5.75 Å². The molecule has 6 nitrogen and oxygen atoms in total. The van der Waals surface area contributed by atoms with E-state index in [1.54, 1.807) is 18.2 Å². The number of aryl methyl sites for hydroxylation is 2. The highest BCUT2D eigenvalue weighted by atomic mass is 32.2. The topological polar surface area (TPSA) is 75.7 Å². The van der Waals surface area contributed by atoms with Gasteiger partial charge in [-0.05, 0) is 68.0 Å². The van der Waals surface area contributed by atoms with Crippen LogP contribution >= 0.6 is 0 Å². The van der Waals surface area contributed by atoms with Gasteiger partial charge in [0.1, 0.15) is 5.75 Å². The summed E-state index contributed by atoms with van der Waals surface area (Å²) in [6.07, 6.45) is 1.95. The van der Waals surface area contributed by atoms with Gasteiger partial charge >= 0.3 is 0 Å². The molecule has 0 radical (unpaired) electrons. The Morgan fingerprint density at radius 1 is 1.07 bits per heavy atom. The van der Waals surface area contributed by atoms with Crippen LogP contribution < -0.4 is 9.46 Å². The molecule has 0 aliphatic carbocycles. The molecule has 1 heterocycles. The molecule has 0 aromatic heterocycles. The van der Waals surface area contributed by atoms with E-state index in [0.29, 0.717) is 25.6 Å². The van der Waals surface area contributed by atoms with Crippen LogP contribution in [0.3, 0.4) is 0 Å². The first-order valence-corrected chi connectivity index (χ1v) is 11.9. The van der Waals surface area contributed by atoms with Crippen LogP contribution in [-0.4, -0.2) is 45.5 Å². The number of nitrogens with zero attached hydrogens (tertiary/aromatic N) is 1. The Labute approximate surface area is 179 Å². The molecule has 1 amide bonds. The number of sulfonamides is 1. The van der Waals surface area contributed by atoms with Crippen molar-refractivity contribution in [1.29, 1.82) is 0 Å². The molecule has 2 aromatic carbocycles. The average molecular weight is 431 g/mol. The number of para-hydroxylation sites is 1. The number of amides is 1. The minimum Gasteiger partial charge on any atom is -0.493 e. The van der Waals surface area contributed by atoms with Crippen LogP contribution in [0, 0.1) is 19.8 Å². The standard InChI is InChI=1S/C23H30N2O4S/c1-18-8-9-22(16-19(18)2)30(27,28)24-13-10-23(26)25-14-11-20(12-15-25)17-29-21-6-4-3-5-7-21/h3-9,16,20,24H,10-15,17H2,1-2H3. The van der Waals surface area contributed by atoms with Crippen molar-refractivity contribution < 1.29 is 17.9 Å². The fourth-order valence-electron chi connectivity index (χ4n) is 3.49. The second-order valence-electron chi connectivity index (χ2n) is 7.84. The molecule has 0 spiro atoms. The van der Waals surface area contributed by atoms with E-state index in [1.165, 1.54) is 0 Å². The zero-order chi connectivity index (χ0) is 21.6. The summed E-state index contributed by atoms with van der Waals surface area (Å²) in [4.78, 5) is 14.5. The van der Waals surface area contributed by atoms with Crippen molar-refractivity contribution in [1.82, 2.24) is 9.62 Å². The highest BCUT2D eigenvalue weighted by Crippen LogP contribution is 2.20. The second kappa shape index (κ2) is 10.1. The Balaban J connectivity index is 1.40. The monoisotopic (exact) mass is 430 g/mol. The molecular weight excluding hydrogens is 400 g/mol. The normalized spacial score (nSPS) is 15.2. The number of carbonyl (C=O) groups excluding carboxylic acids is 1. The zero-order valence-electron chi connectivity index (χ0n) is 17.6. The van der Waals surface area contributed by atoms with Gasteiger partial charge < -0.3 is 9.64 Å². The summed E-state index contributed by atoms with van der Waals surface area (Å²) in [7, 11) is -3.61. The molecule has 3 rings (SSSR count). The number of benzene rings is 2. The third-order valence-electron chi connectivity index (χ3n) is 5.62. The van der Waals surface area contributed by atoms with Gasteiger partial charge in [-0.1, -0.05) is 24.3 Å². The lowest BCUT2D eigenvalue weighted by molar-refractivity contribution is -0.132. The van der Waals surface area contributed by atoms with E-state index < -0.39 is 10.0 Å². The van der Waals surface area contributed by atoms with Crippen molar-refractivity contribution >= 4 is 15.9 Å². The summed E-state index contributed by atoms with van der Waals surface area (Å²) in [5, 5.41) is 0. The maximum Gasteiger partial charge on any atom is 0.240 e. The van der Waals surface area contributed by atoms with Crippen LogP contribution in [0.4, 0.5) is 0 Å². The first-order valence-electron chi connectivity index (χ1n) is 10.4. The predicted molar refractivity (Wildman–Crippen MR) is 117 cm³/mol. The number of likely N-dealkylation sites (tertiary alicyclic amines) is 1. The van der Waals surface area contributed by atoms with E-state index in [4.69, 9.17) is 4.74 Å². The number of carbonyl (C=O) groups is 1. The minimum atomic E-state index is -3.61.